The van der Waals surface area contributed by atoms with Gasteiger partial charge in [0.2, 0.25) is 0 Å². The molecule has 0 amide bonds. The monoisotopic (exact) mass is 218 g/mol. The second-order valence-electron chi connectivity index (χ2n) is 4.72. The zero-order chi connectivity index (χ0) is 11.0. The molecule has 0 aromatic carbocycles. The Labute approximate surface area is 95.6 Å². The molecule has 1 saturated carbocycles. The molecule has 0 bridgehead atoms. The van der Waals surface area contributed by atoms with Crippen LogP contribution in [-0.4, -0.2) is 19.2 Å². The van der Waals surface area contributed by atoms with E-state index in [-0.39, 0.29) is 23.8 Å². The Kier molecular flexibility index (Phi) is 2.60. The van der Waals surface area contributed by atoms with Crippen LogP contribution in [0.5, 0.6) is 0 Å². The molecule has 1 aliphatic heterocycles. The van der Waals surface area contributed by atoms with E-state index in [9.17, 15) is 4.79 Å². The lowest BCUT2D eigenvalue weighted by Crippen LogP contribution is -2.48. The van der Waals surface area contributed by atoms with Crippen LogP contribution in [-0.2, 0) is 14.1 Å². The summed E-state index contributed by atoms with van der Waals surface area (Å²) in [5.41, 5.74) is 0. The summed E-state index contributed by atoms with van der Waals surface area (Å²) >= 11 is 0. The zero-order valence-corrected chi connectivity index (χ0v) is 9.17. The van der Waals surface area contributed by atoms with Crippen LogP contribution in [0.4, 0.5) is 0 Å². The van der Waals surface area contributed by atoms with E-state index in [4.69, 9.17) is 9.31 Å². The molecule has 0 N–H and O–H groups in total. The highest BCUT2D eigenvalue weighted by Gasteiger charge is 2.45. The Morgan fingerprint density at radius 2 is 1.94 bits per heavy atom. The first kappa shape index (κ1) is 10.1. The largest absolute Gasteiger partial charge is 0.538 e. The maximum Gasteiger partial charge on any atom is 0.538 e. The van der Waals surface area contributed by atoms with E-state index in [0.29, 0.717) is 0 Å². The Bertz CT molecular complexity index is 338. The maximum absolute atomic E-state index is 11.8. The summed E-state index contributed by atoms with van der Waals surface area (Å²) in [5.74, 6) is 0.0286. The second-order valence-corrected chi connectivity index (χ2v) is 4.72. The molecule has 3 aliphatic rings. The quantitative estimate of drug-likeness (QED) is 0.632. The topological polar surface area (TPSA) is 35.5 Å². The van der Waals surface area contributed by atoms with Gasteiger partial charge in [-0.2, -0.15) is 0 Å². The van der Waals surface area contributed by atoms with Crippen LogP contribution in [0.1, 0.15) is 25.7 Å². The Balaban J connectivity index is 1.73. The number of allylic oxidation sites excluding steroid dienone is 4. The van der Waals surface area contributed by atoms with Crippen molar-refractivity contribution in [3.63, 3.8) is 0 Å². The van der Waals surface area contributed by atoms with Crippen molar-refractivity contribution in [2.75, 3.05) is 0 Å². The summed E-state index contributed by atoms with van der Waals surface area (Å²) in [5, 5.41) is 0. The minimum atomic E-state index is -0.401. The minimum absolute atomic E-state index is 0.0145. The van der Waals surface area contributed by atoms with E-state index in [1.165, 1.54) is 0 Å². The van der Waals surface area contributed by atoms with Gasteiger partial charge in [-0.25, -0.2) is 0 Å². The predicted octanol–water partition coefficient (Wildman–Crippen LogP) is 2.10. The van der Waals surface area contributed by atoms with Crippen molar-refractivity contribution in [1.29, 1.82) is 0 Å². The Hall–Kier alpha value is -1.03. The average Bonchev–Trinajstić information content (AvgIpc) is 2.82. The van der Waals surface area contributed by atoms with E-state index in [1.54, 1.807) is 0 Å². The van der Waals surface area contributed by atoms with Crippen molar-refractivity contribution in [2.24, 2.45) is 5.92 Å². The molecule has 0 radical (unpaired) electrons. The molecular weight excluding hydrogens is 203 g/mol. The molecule has 16 heavy (non-hydrogen) atoms. The van der Waals surface area contributed by atoms with Gasteiger partial charge in [-0.15, -0.1) is 0 Å². The highest BCUT2D eigenvalue weighted by atomic mass is 16.6. The lowest BCUT2D eigenvalue weighted by atomic mass is 9.69. The van der Waals surface area contributed by atoms with Gasteiger partial charge in [0.25, 0.3) is 5.97 Å². The predicted molar refractivity (Wildman–Crippen MR) is 60.7 cm³/mol. The van der Waals surface area contributed by atoms with Gasteiger partial charge >= 0.3 is 7.12 Å². The molecule has 0 aromatic rings. The number of fused-ring (bicyclic) bond motifs is 1. The molecule has 3 rings (SSSR count). The average molecular weight is 218 g/mol. The van der Waals surface area contributed by atoms with Crippen molar-refractivity contribution in [1.82, 2.24) is 0 Å². The fourth-order valence-corrected chi connectivity index (χ4v) is 2.73. The van der Waals surface area contributed by atoms with Gasteiger partial charge in [-0.1, -0.05) is 37.1 Å². The molecule has 2 atom stereocenters. The summed E-state index contributed by atoms with van der Waals surface area (Å²) < 4.78 is 11.3. The molecule has 3 nitrogen and oxygen atoms in total. The Morgan fingerprint density at radius 1 is 1.19 bits per heavy atom. The van der Waals surface area contributed by atoms with Gasteiger partial charge in [0, 0.05) is 5.82 Å². The van der Waals surface area contributed by atoms with E-state index >= 15 is 0 Å². The van der Waals surface area contributed by atoms with E-state index < -0.39 is 7.12 Å². The molecule has 0 aromatic heterocycles. The highest BCUT2D eigenvalue weighted by Crippen LogP contribution is 2.35. The third-order valence-corrected chi connectivity index (χ3v) is 3.64. The van der Waals surface area contributed by atoms with Crippen molar-refractivity contribution in [3.05, 3.63) is 24.3 Å². The van der Waals surface area contributed by atoms with Crippen LogP contribution in [0.25, 0.3) is 0 Å². The normalized spacial score (nSPS) is 34.0. The van der Waals surface area contributed by atoms with Crippen molar-refractivity contribution in [3.8, 4) is 0 Å². The summed E-state index contributed by atoms with van der Waals surface area (Å²) in [7, 11) is -0.401. The van der Waals surface area contributed by atoms with E-state index in [2.05, 4.69) is 0 Å². The molecule has 1 saturated heterocycles. The fourth-order valence-electron chi connectivity index (χ4n) is 2.73. The molecule has 84 valence electrons. The maximum atomic E-state index is 11.8. The van der Waals surface area contributed by atoms with Gasteiger partial charge in [0.15, 0.2) is 0 Å². The summed E-state index contributed by atoms with van der Waals surface area (Å²) in [6.45, 7) is 0. The van der Waals surface area contributed by atoms with Gasteiger partial charge in [0.05, 0.1) is 12.0 Å². The van der Waals surface area contributed by atoms with Gasteiger partial charge in [0.1, 0.15) is 0 Å². The van der Waals surface area contributed by atoms with Crippen molar-refractivity contribution >= 4 is 13.1 Å². The van der Waals surface area contributed by atoms with Crippen LogP contribution in [0, 0.1) is 5.92 Å². The first-order valence-corrected chi connectivity index (χ1v) is 6.05. The third kappa shape index (κ3) is 1.71. The van der Waals surface area contributed by atoms with E-state index in [0.717, 1.165) is 25.7 Å². The number of carbonyl (C=O) groups excluding carboxylic acids is 1. The summed E-state index contributed by atoms with van der Waals surface area (Å²) in [4.78, 5) is 11.8. The minimum Gasteiger partial charge on any atom is -0.509 e. The second kappa shape index (κ2) is 4.09. The van der Waals surface area contributed by atoms with Crippen LogP contribution in [0.15, 0.2) is 24.3 Å². The molecular formula is C12H15BO3. The van der Waals surface area contributed by atoms with Gasteiger partial charge in [-0.05, 0) is 12.8 Å². The molecule has 4 heteroatoms. The molecule has 2 fully saturated rings. The van der Waals surface area contributed by atoms with Crippen molar-refractivity contribution < 1.29 is 14.1 Å². The first-order chi connectivity index (χ1) is 7.84. The van der Waals surface area contributed by atoms with Gasteiger partial charge < -0.3 is 9.31 Å². The number of hydrogen-bond donors (Lipinski definition) is 0. The molecule has 1 heterocycles. The smallest absolute Gasteiger partial charge is 0.509 e. The molecule has 2 aliphatic carbocycles. The summed E-state index contributed by atoms with van der Waals surface area (Å²) in [6.07, 6.45) is 12.3. The molecule has 0 spiro atoms. The fraction of sp³-hybridized carbons (Fsp3) is 0.583. The lowest BCUT2D eigenvalue weighted by molar-refractivity contribution is -0.152. The zero-order valence-electron chi connectivity index (χ0n) is 9.17. The number of hydrogen-bond acceptors (Lipinski definition) is 3. The highest BCUT2D eigenvalue weighted by molar-refractivity contribution is 6.50. The van der Waals surface area contributed by atoms with Crippen LogP contribution >= 0.6 is 0 Å². The third-order valence-electron chi connectivity index (χ3n) is 3.64. The first-order valence-electron chi connectivity index (χ1n) is 6.05. The Morgan fingerprint density at radius 3 is 2.75 bits per heavy atom. The van der Waals surface area contributed by atoms with E-state index in [1.807, 2.05) is 24.3 Å². The summed E-state index contributed by atoms with van der Waals surface area (Å²) in [6, 6.07) is 0. The van der Waals surface area contributed by atoms with Crippen LogP contribution in [0.2, 0.25) is 5.82 Å². The number of rotatable bonds is 1. The van der Waals surface area contributed by atoms with Gasteiger partial charge in [-0.3, -0.25) is 4.79 Å². The lowest BCUT2D eigenvalue weighted by Gasteiger charge is -2.37. The molecule has 0 unspecified atom stereocenters. The standard InChI is InChI=1S/C12H15BO3/c14-12-10-7-3-4-8-11(10)15-13(16-12)9-5-1-2-6-9/h1-2,5-6,9-11H,3-4,7-8H2/t10-,11-/m0/s1. The van der Waals surface area contributed by atoms with Crippen molar-refractivity contribution in [2.45, 2.75) is 37.6 Å². The number of carbonyl (C=O) groups is 1. The van der Waals surface area contributed by atoms with Crippen LogP contribution < -0.4 is 0 Å². The SMILES string of the molecule is O=C1OB(C2C=CC=C2)O[C@H]2CCCC[C@H]12. The van der Waals surface area contributed by atoms with Crippen LogP contribution in [0.3, 0.4) is 0 Å².